The van der Waals surface area contributed by atoms with Crippen molar-refractivity contribution in [1.29, 1.82) is 10.5 Å². The van der Waals surface area contributed by atoms with Gasteiger partial charge in [-0.1, -0.05) is 41.4 Å². The van der Waals surface area contributed by atoms with Gasteiger partial charge in [-0.25, -0.2) is 18.4 Å². The zero-order chi connectivity index (χ0) is 23.0. The Morgan fingerprint density at radius 2 is 1.59 bits per heavy atom. The van der Waals surface area contributed by atoms with Crippen LogP contribution >= 0.6 is 11.6 Å². The molecule has 0 saturated carbocycles. The monoisotopic (exact) mass is 462 g/mol. The number of hydrogen-bond donors (Lipinski definition) is 1. The van der Waals surface area contributed by atoms with E-state index in [1.807, 2.05) is 37.3 Å². The lowest BCUT2D eigenvalue weighted by Crippen LogP contribution is -2.09. The molecule has 2 N–H and O–H groups in total. The fourth-order valence-electron chi connectivity index (χ4n) is 3.31. The Kier molecular flexibility index (Phi) is 5.31. The number of halogens is 1. The minimum atomic E-state index is -4.14. The van der Waals surface area contributed by atoms with Crippen molar-refractivity contribution >= 4 is 38.4 Å². The van der Waals surface area contributed by atoms with Crippen molar-refractivity contribution in [1.82, 2.24) is 14.5 Å². The van der Waals surface area contributed by atoms with Gasteiger partial charge >= 0.3 is 0 Å². The molecule has 32 heavy (non-hydrogen) atoms. The minimum Gasteiger partial charge on any atom is -0.384 e. The standard InChI is InChI=1S/C22H15ClN6O2S/c1-13-2-4-14(5-3-13)12-29-21(26)20(32(30,31)16-8-6-15(23)7-9-16)19-22(29)28-18(11-25)17(10-24)27-19/h2-9H,12,26H2,1H3. The van der Waals surface area contributed by atoms with Gasteiger partial charge in [0, 0.05) is 5.02 Å². The van der Waals surface area contributed by atoms with E-state index in [9.17, 15) is 18.9 Å². The van der Waals surface area contributed by atoms with E-state index in [-0.39, 0.29) is 44.7 Å². The molecule has 0 amide bonds. The smallest absolute Gasteiger partial charge is 0.212 e. The molecule has 158 valence electrons. The van der Waals surface area contributed by atoms with E-state index in [0.717, 1.165) is 11.1 Å². The lowest BCUT2D eigenvalue weighted by atomic mass is 10.1. The number of aromatic nitrogens is 3. The van der Waals surface area contributed by atoms with E-state index in [4.69, 9.17) is 17.3 Å². The second-order valence-corrected chi connectivity index (χ2v) is 9.38. The Hall–Kier alpha value is -3.92. The second kappa shape index (κ2) is 7.97. The SMILES string of the molecule is Cc1ccc(Cn2c(N)c(S(=O)(=O)c3ccc(Cl)cc3)c3nc(C#N)c(C#N)nc32)cc1. The lowest BCUT2D eigenvalue weighted by Gasteiger charge is -2.09. The molecule has 0 bridgehead atoms. The van der Waals surface area contributed by atoms with E-state index in [2.05, 4.69) is 9.97 Å². The number of fused-ring (bicyclic) bond motifs is 1. The van der Waals surface area contributed by atoms with Gasteiger partial charge in [-0.3, -0.25) is 0 Å². The number of sulfone groups is 1. The molecule has 10 heteroatoms. The largest absolute Gasteiger partial charge is 0.384 e. The third-order valence-electron chi connectivity index (χ3n) is 4.94. The highest BCUT2D eigenvalue weighted by Crippen LogP contribution is 2.35. The van der Waals surface area contributed by atoms with Gasteiger partial charge in [-0.05, 0) is 36.8 Å². The lowest BCUT2D eigenvalue weighted by molar-refractivity contribution is 0.597. The van der Waals surface area contributed by atoms with Crippen LogP contribution in [0.5, 0.6) is 0 Å². The van der Waals surface area contributed by atoms with Gasteiger partial charge < -0.3 is 10.3 Å². The molecule has 0 spiro atoms. The van der Waals surface area contributed by atoms with Crippen LogP contribution in [0, 0.1) is 29.6 Å². The van der Waals surface area contributed by atoms with Crippen LogP contribution in [0.1, 0.15) is 22.5 Å². The molecule has 0 aliphatic rings. The Balaban J connectivity index is 2.03. The van der Waals surface area contributed by atoms with Crippen LogP contribution in [-0.2, 0) is 16.4 Å². The van der Waals surface area contributed by atoms with E-state index in [1.54, 1.807) is 6.07 Å². The summed E-state index contributed by atoms with van der Waals surface area (Å²) in [5, 5.41) is 19.1. The summed E-state index contributed by atoms with van der Waals surface area (Å²) in [6.07, 6.45) is 0. The molecule has 2 heterocycles. The van der Waals surface area contributed by atoms with E-state index >= 15 is 0 Å². The highest BCUT2D eigenvalue weighted by molar-refractivity contribution is 7.92. The topological polar surface area (TPSA) is 138 Å². The maximum absolute atomic E-state index is 13.5. The summed E-state index contributed by atoms with van der Waals surface area (Å²) >= 11 is 5.90. The maximum atomic E-state index is 13.5. The van der Waals surface area contributed by atoms with Crippen molar-refractivity contribution < 1.29 is 8.42 Å². The number of benzene rings is 2. The molecule has 8 nitrogen and oxygen atoms in total. The quantitative estimate of drug-likeness (QED) is 0.488. The molecule has 0 unspecified atom stereocenters. The van der Waals surface area contributed by atoms with E-state index in [1.165, 1.54) is 28.8 Å². The second-order valence-electron chi connectivity index (χ2n) is 7.06. The molecule has 4 rings (SSSR count). The highest BCUT2D eigenvalue weighted by atomic mass is 35.5. The predicted octanol–water partition coefficient (Wildman–Crippen LogP) is 3.60. The first-order valence-electron chi connectivity index (χ1n) is 9.32. The van der Waals surface area contributed by atoms with Gasteiger partial charge in [0.15, 0.2) is 17.0 Å². The summed E-state index contributed by atoms with van der Waals surface area (Å²) in [6, 6.07) is 16.9. The van der Waals surface area contributed by atoms with Gasteiger partial charge in [0.2, 0.25) is 9.84 Å². The fourth-order valence-corrected chi connectivity index (χ4v) is 4.95. The van der Waals surface area contributed by atoms with Crippen molar-refractivity contribution in [3.05, 3.63) is 76.1 Å². The van der Waals surface area contributed by atoms with Gasteiger partial charge in [-0.2, -0.15) is 10.5 Å². The summed E-state index contributed by atoms with van der Waals surface area (Å²) in [7, 11) is -4.14. The first kappa shape index (κ1) is 21.3. The summed E-state index contributed by atoms with van der Waals surface area (Å²) < 4.78 is 28.5. The number of anilines is 1. The predicted molar refractivity (Wildman–Crippen MR) is 119 cm³/mol. The van der Waals surface area contributed by atoms with Crippen molar-refractivity contribution in [2.75, 3.05) is 5.73 Å². The Morgan fingerprint density at radius 1 is 1.00 bits per heavy atom. The first-order valence-corrected chi connectivity index (χ1v) is 11.2. The van der Waals surface area contributed by atoms with Crippen LogP contribution in [0.25, 0.3) is 11.2 Å². The van der Waals surface area contributed by atoms with Crippen molar-refractivity contribution in [2.45, 2.75) is 23.3 Å². The Bertz CT molecular complexity index is 1540. The molecule has 0 aliphatic carbocycles. The third kappa shape index (κ3) is 3.54. The zero-order valence-corrected chi connectivity index (χ0v) is 18.3. The van der Waals surface area contributed by atoms with Crippen LogP contribution in [0.2, 0.25) is 5.02 Å². The summed E-state index contributed by atoms with van der Waals surface area (Å²) in [6.45, 7) is 2.15. The number of nitriles is 2. The normalized spacial score (nSPS) is 11.2. The average Bonchev–Trinajstić information content (AvgIpc) is 3.05. The van der Waals surface area contributed by atoms with Gasteiger partial charge in [-0.15, -0.1) is 0 Å². The number of nitrogen functional groups attached to an aromatic ring is 1. The van der Waals surface area contributed by atoms with Crippen LogP contribution in [0.15, 0.2) is 58.3 Å². The summed E-state index contributed by atoms with van der Waals surface area (Å²) in [5.74, 6) is -0.0884. The first-order chi connectivity index (χ1) is 15.3. The van der Waals surface area contributed by atoms with Crippen LogP contribution < -0.4 is 5.73 Å². The van der Waals surface area contributed by atoms with Crippen molar-refractivity contribution in [3.8, 4) is 12.1 Å². The summed E-state index contributed by atoms with van der Waals surface area (Å²) in [4.78, 5) is 8.09. The molecule has 4 aromatic rings. The number of aryl methyl sites for hydroxylation is 1. The van der Waals surface area contributed by atoms with Crippen LogP contribution in [0.3, 0.4) is 0 Å². The summed E-state index contributed by atoms with van der Waals surface area (Å²) in [5.41, 5.74) is 7.80. The fraction of sp³-hybridized carbons (Fsp3) is 0.0909. The molecule has 2 aromatic carbocycles. The molecular formula is C22H15ClN6O2S. The Labute approximate surface area is 189 Å². The molecule has 0 aliphatic heterocycles. The molecular weight excluding hydrogens is 448 g/mol. The zero-order valence-electron chi connectivity index (χ0n) is 16.7. The highest BCUT2D eigenvalue weighted by Gasteiger charge is 2.31. The van der Waals surface area contributed by atoms with Gasteiger partial charge in [0.1, 0.15) is 28.4 Å². The van der Waals surface area contributed by atoms with Crippen LogP contribution in [-0.4, -0.2) is 23.0 Å². The van der Waals surface area contributed by atoms with Crippen molar-refractivity contribution in [3.63, 3.8) is 0 Å². The number of hydrogen-bond acceptors (Lipinski definition) is 7. The Morgan fingerprint density at radius 3 is 2.19 bits per heavy atom. The molecule has 0 saturated heterocycles. The number of nitrogens with zero attached hydrogens (tertiary/aromatic N) is 5. The molecule has 0 radical (unpaired) electrons. The number of rotatable bonds is 4. The number of nitrogens with two attached hydrogens (primary N) is 1. The molecule has 0 atom stereocenters. The van der Waals surface area contributed by atoms with Crippen LogP contribution in [0.4, 0.5) is 5.82 Å². The average molecular weight is 463 g/mol. The van der Waals surface area contributed by atoms with Crippen molar-refractivity contribution in [2.24, 2.45) is 0 Å². The van der Waals surface area contributed by atoms with E-state index < -0.39 is 9.84 Å². The van der Waals surface area contributed by atoms with Gasteiger partial charge in [0.25, 0.3) is 0 Å². The maximum Gasteiger partial charge on any atom is 0.212 e. The molecule has 0 fully saturated rings. The molecule has 2 aromatic heterocycles. The minimum absolute atomic E-state index is 0.0346. The third-order valence-corrected chi connectivity index (χ3v) is 7.02. The van der Waals surface area contributed by atoms with Gasteiger partial charge in [0.05, 0.1) is 11.4 Å². The van der Waals surface area contributed by atoms with E-state index in [0.29, 0.717) is 5.02 Å².